The van der Waals surface area contributed by atoms with Crippen LogP contribution < -0.4 is 25.6 Å². The molecule has 4 heterocycles. The van der Waals surface area contributed by atoms with E-state index in [9.17, 15) is 26.8 Å². The zero-order chi connectivity index (χ0) is 34.3. The number of nitrogens with zero attached hydrogens (tertiary/aromatic N) is 3. The summed E-state index contributed by atoms with van der Waals surface area (Å²) in [6.45, 7) is 5.06. The number of nitrogens with two attached hydrogens (primary N) is 1. The molecule has 2 saturated heterocycles. The van der Waals surface area contributed by atoms with E-state index in [4.69, 9.17) is 15.5 Å². The Labute approximate surface area is 284 Å². The summed E-state index contributed by atoms with van der Waals surface area (Å²) in [4.78, 5) is 35.7. The molecule has 1 saturated carbocycles. The second kappa shape index (κ2) is 13.6. The van der Waals surface area contributed by atoms with Crippen molar-refractivity contribution in [2.24, 2.45) is 17.1 Å². The van der Waals surface area contributed by atoms with E-state index in [2.05, 4.69) is 14.9 Å². The van der Waals surface area contributed by atoms with Crippen LogP contribution in [0.5, 0.6) is 0 Å². The molecule has 1 aromatic heterocycles. The smallest absolute Gasteiger partial charge is 0.323 e. The molecule has 1 aromatic carbocycles. The summed E-state index contributed by atoms with van der Waals surface area (Å²) >= 11 is 1.66. The molecule has 0 radical (unpaired) electrons. The van der Waals surface area contributed by atoms with Crippen molar-refractivity contribution in [2.45, 2.75) is 75.7 Å². The van der Waals surface area contributed by atoms with Crippen molar-refractivity contribution in [3.8, 4) is 0 Å². The Morgan fingerprint density at radius 2 is 1.73 bits per heavy atom. The molecule has 1 aliphatic carbocycles. The number of piperidine rings is 2. The number of aromatic nitrogens is 1. The van der Waals surface area contributed by atoms with Gasteiger partial charge in [-0.2, -0.15) is 0 Å². The van der Waals surface area contributed by atoms with Crippen LogP contribution in [0, 0.1) is 11.3 Å². The summed E-state index contributed by atoms with van der Waals surface area (Å²) in [7, 11) is -3.89. The third-order valence-electron chi connectivity index (χ3n) is 9.91. The molecular weight excluding hydrogens is 663 g/mol. The van der Waals surface area contributed by atoms with Gasteiger partial charge in [0, 0.05) is 44.8 Å². The molecule has 1 atom stereocenters. The normalized spacial score (nSPS) is 20.4. The lowest BCUT2D eigenvalue weighted by molar-refractivity contribution is -0.145. The first-order valence-corrected chi connectivity index (χ1v) is 19.3. The Kier molecular flexibility index (Phi) is 9.84. The van der Waals surface area contributed by atoms with E-state index in [1.807, 2.05) is 11.0 Å². The van der Waals surface area contributed by atoms with Gasteiger partial charge in [0.15, 0.2) is 0 Å². The average Bonchev–Trinajstić information content (AvgIpc) is 3.61. The zero-order valence-corrected chi connectivity index (χ0v) is 29.0. The van der Waals surface area contributed by atoms with Gasteiger partial charge >= 0.3 is 5.97 Å². The number of thioether (sulfide) groups is 1. The van der Waals surface area contributed by atoms with Crippen LogP contribution in [0.4, 0.5) is 31.8 Å². The van der Waals surface area contributed by atoms with Gasteiger partial charge in [-0.05, 0) is 73.3 Å². The van der Waals surface area contributed by atoms with Crippen molar-refractivity contribution in [1.82, 2.24) is 4.98 Å². The van der Waals surface area contributed by atoms with Gasteiger partial charge in [0.2, 0.25) is 10.0 Å². The van der Waals surface area contributed by atoms with Crippen LogP contribution in [0.2, 0.25) is 0 Å². The standard InChI is InChI=1S/C33H44F2N6O5S2/c1-21(2)27(36)31(43)46-16-18-48(44,45)39-23-3-4-24(25(20-23)40-12-8-32(6-7-32)9-13-40)30(42)38-26-19-22-5-17-47-28(22)29(37-26)41-14-10-33(34,35)11-15-41/h3-4,19-21,27,39H,5-18,36H2,1-2H3,(H,37,38,42)/t27-/m0/s1. The first kappa shape index (κ1) is 34.7. The molecule has 2 aromatic rings. The Hall–Kier alpha value is -3.17. The lowest BCUT2D eigenvalue weighted by Gasteiger charge is -2.35. The first-order chi connectivity index (χ1) is 22.7. The van der Waals surface area contributed by atoms with Crippen LogP contribution >= 0.6 is 11.8 Å². The number of benzene rings is 1. The molecule has 15 heteroatoms. The fraction of sp³-hybridized carbons (Fsp3) is 0.606. The molecule has 11 nitrogen and oxygen atoms in total. The fourth-order valence-corrected chi connectivity index (χ4v) is 8.55. The number of nitrogens with one attached hydrogen (secondary N) is 2. The van der Waals surface area contributed by atoms with E-state index in [-0.39, 0.29) is 44.1 Å². The molecule has 0 bridgehead atoms. The minimum atomic E-state index is -3.89. The van der Waals surface area contributed by atoms with Gasteiger partial charge in [-0.1, -0.05) is 13.8 Å². The van der Waals surface area contributed by atoms with Crippen LogP contribution in [0.25, 0.3) is 0 Å². The number of sulfonamides is 1. The number of pyridine rings is 1. The van der Waals surface area contributed by atoms with E-state index >= 15 is 0 Å². The van der Waals surface area contributed by atoms with Crippen LogP contribution in [-0.4, -0.2) is 81.5 Å². The van der Waals surface area contributed by atoms with Gasteiger partial charge in [0.1, 0.15) is 30.0 Å². The molecule has 4 N–H and O–H groups in total. The van der Waals surface area contributed by atoms with Crippen molar-refractivity contribution in [3.05, 3.63) is 35.4 Å². The van der Waals surface area contributed by atoms with Crippen molar-refractivity contribution in [3.63, 3.8) is 0 Å². The minimum absolute atomic E-state index is 0.143. The molecule has 1 spiro atoms. The number of anilines is 4. The van der Waals surface area contributed by atoms with Crippen LogP contribution in [0.15, 0.2) is 29.2 Å². The topological polar surface area (TPSA) is 147 Å². The molecule has 3 fully saturated rings. The third-order valence-corrected chi connectivity index (χ3v) is 12.3. The molecular formula is C33H44F2N6O5S2. The van der Waals surface area contributed by atoms with Gasteiger partial charge in [0.25, 0.3) is 11.8 Å². The molecule has 0 unspecified atom stereocenters. The summed E-state index contributed by atoms with van der Waals surface area (Å²) in [5, 5.41) is 2.96. The van der Waals surface area contributed by atoms with Gasteiger partial charge in [-0.3, -0.25) is 14.3 Å². The summed E-state index contributed by atoms with van der Waals surface area (Å²) in [5.74, 6) is -2.48. The number of carbonyl (C=O) groups is 2. The Bertz CT molecular complexity index is 1650. The number of ether oxygens (including phenoxy) is 1. The number of halogens is 2. The van der Waals surface area contributed by atoms with E-state index in [0.717, 1.165) is 48.6 Å². The summed E-state index contributed by atoms with van der Waals surface area (Å²) in [6.07, 6.45) is 4.73. The first-order valence-electron chi connectivity index (χ1n) is 16.7. The quantitative estimate of drug-likeness (QED) is 0.277. The maximum atomic E-state index is 13.9. The highest BCUT2D eigenvalue weighted by atomic mass is 32.2. The van der Waals surface area contributed by atoms with Crippen molar-refractivity contribution < 1.29 is 31.5 Å². The van der Waals surface area contributed by atoms with Gasteiger partial charge < -0.3 is 25.6 Å². The Morgan fingerprint density at radius 1 is 1.04 bits per heavy atom. The van der Waals surface area contributed by atoms with Crippen LogP contribution in [0.3, 0.4) is 0 Å². The van der Waals surface area contributed by atoms with Crippen LogP contribution in [-0.2, 0) is 26.0 Å². The molecule has 3 aliphatic heterocycles. The third kappa shape index (κ3) is 7.99. The average molecular weight is 707 g/mol. The number of alkyl halides is 2. The van der Waals surface area contributed by atoms with Crippen LogP contribution in [0.1, 0.15) is 68.3 Å². The number of hydrogen-bond acceptors (Lipinski definition) is 10. The van der Waals surface area contributed by atoms with E-state index < -0.39 is 39.6 Å². The number of esters is 1. The van der Waals surface area contributed by atoms with E-state index in [1.165, 1.54) is 18.9 Å². The predicted molar refractivity (Wildman–Crippen MR) is 184 cm³/mol. The molecule has 1 amide bonds. The van der Waals surface area contributed by atoms with Gasteiger partial charge in [0.05, 0.1) is 21.8 Å². The number of rotatable bonds is 11. The van der Waals surface area contributed by atoms with Gasteiger partial charge in [-0.25, -0.2) is 22.2 Å². The largest absolute Gasteiger partial charge is 0.463 e. The molecule has 4 aliphatic rings. The van der Waals surface area contributed by atoms with Gasteiger partial charge in [-0.15, -0.1) is 11.8 Å². The zero-order valence-electron chi connectivity index (χ0n) is 27.4. The highest BCUT2D eigenvalue weighted by Gasteiger charge is 2.45. The monoisotopic (exact) mass is 706 g/mol. The Balaban J connectivity index is 1.20. The maximum Gasteiger partial charge on any atom is 0.323 e. The Morgan fingerprint density at radius 3 is 2.40 bits per heavy atom. The highest BCUT2D eigenvalue weighted by Crippen LogP contribution is 2.54. The lowest BCUT2D eigenvalue weighted by Crippen LogP contribution is -2.40. The number of carbonyl (C=O) groups excluding carboxylic acids is 2. The minimum Gasteiger partial charge on any atom is -0.463 e. The van der Waals surface area contributed by atoms with Crippen molar-refractivity contribution in [1.29, 1.82) is 0 Å². The highest BCUT2D eigenvalue weighted by molar-refractivity contribution is 7.99. The summed E-state index contributed by atoms with van der Waals surface area (Å²) < 4.78 is 61.4. The molecule has 48 heavy (non-hydrogen) atoms. The number of fused-ring (bicyclic) bond motifs is 1. The molecule has 6 rings (SSSR count). The fourth-order valence-electron chi connectivity index (χ4n) is 6.48. The number of hydrogen-bond donors (Lipinski definition) is 3. The number of aryl methyl sites for hydroxylation is 1. The van der Waals surface area contributed by atoms with E-state index in [0.29, 0.717) is 28.3 Å². The lowest BCUT2D eigenvalue weighted by atomic mass is 9.93. The SMILES string of the molecule is CC(C)[C@H](N)C(=O)OCCS(=O)(=O)Nc1ccc(C(=O)Nc2cc3c(c(N4CCC(F)(F)CC4)n2)SCC3)c(N2CCC3(CC2)CC3)c1. The number of amides is 1. The summed E-state index contributed by atoms with van der Waals surface area (Å²) in [5.41, 5.74) is 8.47. The van der Waals surface area contributed by atoms with E-state index in [1.54, 1.807) is 37.7 Å². The molecule has 262 valence electrons. The predicted octanol–water partition coefficient (Wildman–Crippen LogP) is 4.87. The maximum absolute atomic E-state index is 13.9. The second-order valence-corrected chi connectivity index (χ2v) is 16.7. The van der Waals surface area contributed by atoms with Crippen molar-refractivity contribution in [2.75, 3.05) is 64.1 Å². The van der Waals surface area contributed by atoms with Crippen molar-refractivity contribution >= 4 is 56.7 Å². The second-order valence-electron chi connectivity index (χ2n) is 13.8. The summed E-state index contributed by atoms with van der Waals surface area (Å²) in [6, 6.07) is 5.83.